The van der Waals surface area contributed by atoms with E-state index in [4.69, 9.17) is 5.14 Å². The van der Waals surface area contributed by atoms with Gasteiger partial charge in [-0.05, 0) is 5.92 Å². The van der Waals surface area contributed by atoms with E-state index in [-0.39, 0.29) is 5.92 Å². The molecule has 2 N–H and O–H groups in total. The van der Waals surface area contributed by atoms with Gasteiger partial charge in [-0.2, -0.15) is 12.7 Å². The quantitative estimate of drug-likeness (QED) is 0.892. The molecule has 0 aromatic carbocycles. The molecule has 1 aliphatic heterocycles. The van der Waals surface area contributed by atoms with Crippen molar-refractivity contribution in [3.05, 3.63) is 17.6 Å². The number of nitrogens with two attached hydrogens (primary N) is 1. The van der Waals surface area contributed by atoms with Crippen molar-refractivity contribution >= 4 is 16.0 Å². The summed E-state index contributed by atoms with van der Waals surface area (Å²) in [5, 5.41) is 5.18. The van der Waals surface area contributed by atoms with Crippen LogP contribution in [0.15, 0.2) is 6.07 Å². The van der Waals surface area contributed by atoms with Crippen molar-refractivity contribution in [2.75, 3.05) is 31.1 Å². The molecule has 1 fully saturated rings. The highest BCUT2D eigenvalue weighted by Crippen LogP contribution is 2.23. The first kappa shape index (κ1) is 17.1. The van der Waals surface area contributed by atoms with Crippen LogP contribution in [0.5, 0.6) is 0 Å². The lowest BCUT2D eigenvalue weighted by Crippen LogP contribution is -2.51. The zero-order chi connectivity index (χ0) is 16.5. The SMILES string of the molecule is CC(C)c1cc(N2CCN(S(N)(=O)=O)CC2)nc(C(C)C)n1. The van der Waals surface area contributed by atoms with Crippen LogP contribution in [-0.4, -0.2) is 48.9 Å². The summed E-state index contributed by atoms with van der Waals surface area (Å²) < 4.78 is 24.1. The second-order valence-corrected chi connectivity index (χ2v) is 7.80. The fraction of sp³-hybridized carbons (Fsp3) is 0.714. The normalized spacial score (nSPS) is 17.5. The van der Waals surface area contributed by atoms with Crippen molar-refractivity contribution in [1.29, 1.82) is 0 Å². The maximum absolute atomic E-state index is 11.4. The summed E-state index contributed by atoms with van der Waals surface area (Å²) in [5.74, 6) is 2.28. The van der Waals surface area contributed by atoms with Crippen LogP contribution in [0.2, 0.25) is 0 Å². The van der Waals surface area contributed by atoms with Crippen LogP contribution in [0.25, 0.3) is 0 Å². The van der Waals surface area contributed by atoms with E-state index in [0.29, 0.717) is 32.1 Å². The minimum absolute atomic E-state index is 0.253. The molecule has 2 rings (SSSR count). The third kappa shape index (κ3) is 3.93. The zero-order valence-electron chi connectivity index (χ0n) is 13.7. The van der Waals surface area contributed by atoms with Crippen LogP contribution in [0.3, 0.4) is 0 Å². The number of aromatic nitrogens is 2. The lowest BCUT2D eigenvalue weighted by Gasteiger charge is -2.34. The third-order valence-corrected chi connectivity index (χ3v) is 4.87. The lowest BCUT2D eigenvalue weighted by atomic mass is 10.1. The third-order valence-electron chi connectivity index (χ3n) is 3.78. The fourth-order valence-corrected chi connectivity index (χ4v) is 3.03. The molecule has 0 radical (unpaired) electrons. The largest absolute Gasteiger partial charge is 0.354 e. The summed E-state index contributed by atoms with van der Waals surface area (Å²) >= 11 is 0. The van der Waals surface area contributed by atoms with Crippen LogP contribution in [-0.2, 0) is 10.2 Å². The second kappa shape index (κ2) is 6.47. The maximum atomic E-state index is 11.4. The number of hydrogen-bond donors (Lipinski definition) is 1. The minimum atomic E-state index is -3.60. The van der Waals surface area contributed by atoms with Gasteiger partial charge in [0.2, 0.25) is 0 Å². The van der Waals surface area contributed by atoms with Crippen molar-refractivity contribution < 1.29 is 8.42 Å². The molecule has 0 spiro atoms. The summed E-state index contributed by atoms with van der Waals surface area (Å²) in [7, 11) is -3.60. The van der Waals surface area contributed by atoms with Gasteiger partial charge in [-0.25, -0.2) is 15.1 Å². The Hall–Kier alpha value is -1.25. The van der Waals surface area contributed by atoms with E-state index in [0.717, 1.165) is 17.3 Å². The number of nitrogens with zero attached hydrogens (tertiary/aromatic N) is 4. The van der Waals surface area contributed by atoms with E-state index in [1.807, 2.05) is 6.07 Å². The number of anilines is 1. The van der Waals surface area contributed by atoms with Gasteiger partial charge in [-0.1, -0.05) is 27.7 Å². The first-order chi connectivity index (χ1) is 10.2. The second-order valence-electron chi connectivity index (χ2n) is 6.25. The van der Waals surface area contributed by atoms with E-state index in [1.165, 1.54) is 4.31 Å². The Morgan fingerprint density at radius 3 is 2.09 bits per heavy atom. The van der Waals surface area contributed by atoms with E-state index in [1.54, 1.807) is 0 Å². The molecule has 22 heavy (non-hydrogen) atoms. The average molecular weight is 327 g/mol. The highest BCUT2D eigenvalue weighted by atomic mass is 32.2. The van der Waals surface area contributed by atoms with Crippen LogP contribution < -0.4 is 10.0 Å². The molecular formula is C14H25N5O2S. The molecule has 0 aliphatic carbocycles. The predicted octanol–water partition coefficient (Wildman–Crippen LogP) is 1.05. The molecule has 2 heterocycles. The van der Waals surface area contributed by atoms with Crippen molar-refractivity contribution in [3.8, 4) is 0 Å². The van der Waals surface area contributed by atoms with Gasteiger partial charge in [-0.3, -0.25) is 0 Å². The molecule has 1 aliphatic rings. The van der Waals surface area contributed by atoms with Gasteiger partial charge in [0.15, 0.2) is 0 Å². The topological polar surface area (TPSA) is 92.4 Å². The summed E-state index contributed by atoms with van der Waals surface area (Å²) in [5.41, 5.74) is 1.02. The Kier molecular flexibility index (Phi) is 5.03. The Morgan fingerprint density at radius 2 is 1.64 bits per heavy atom. The Morgan fingerprint density at radius 1 is 1.05 bits per heavy atom. The highest BCUT2D eigenvalue weighted by Gasteiger charge is 2.25. The Balaban J connectivity index is 2.22. The van der Waals surface area contributed by atoms with Gasteiger partial charge in [0.05, 0.1) is 0 Å². The van der Waals surface area contributed by atoms with Gasteiger partial charge in [0.25, 0.3) is 10.2 Å². The van der Waals surface area contributed by atoms with Gasteiger partial charge in [0, 0.05) is 43.9 Å². The van der Waals surface area contributed by atoms with Crippen LogP contribution in [0, 0.1) is 0 Å². The van der Waals surface area contributed by atoms with Gasteiger partial charge in [0.1, 0.15) is 11.6 Å². The molecule has 0 amide bonds. The van der Waals surface area contributed by atoms with E-state index in [2.05, 4.69) is 42.6 Å². The number of piperazine rings is 1. The molecule has 1 aromatic rings. The standard InChI is InChI=1S/C14H25N5O2S/c1-10(2)12-9-13(17-14(16-12)11(3)4)18-5-7-19(8-6-18)22(15,20)21/h9-11H,5-8H2,1-4H3,(H2,15,20,21). The van der Waals surface area contributed by atoms with Crippen molar-refractivity contribution in [2.45, 2.75) is 39.5 Å². The molecule has 0 saturated carbocycles. The minimum Gasteiger partial charge on any atom is -0.354 e. The van der Waals surface area contributed by atoms with Gasteiger partial charge < -0.3 is 4.90 Å². The average Bonchev–Trinajstić information content (AvgIpc) is 2.46. The summed E-state index contributed by atoms with van der Waals surface area (Å²) in [4.78, 5) is 11.4. The molecule has 124 valence electrons. The molecule has 0 atom stereocenters. The monoisotopic (exact) mass is 327 g/mol. The van der Waals surface area contributed by atoms with Crippen molar-refractivity contribution in [3.63, 3.8) is 0 Å². The van der Waals surface area contributed by atoms with Gasteiger partial charge >= 0.3 is 0 Å². The summed E-state index contributed by atoms with van der Waals surface area (Å²) in [6.45, 7) is 10.3. The van der Waals surface area contributed by atoms with Crippen molar-refractivity contribution in [2.24, 2.45) is 5.14 Å². The van der Waals surface area contributed by atoms with Crippen LogP contribution in [0.4, 0.5) is 5.82 Å². The highest BCUT2D eigenvalue weighted by molar-refractivity contribution is 7.86. The summed E-state index contributed by atoms with van der Waals surface area (Å²) in [6, 6.07) is 2.00. The zero-order valence-corrected chi connectivity index (χ0v) is 14.5. The molecule has 0 unspecified atom stereocenters. The van der Waals surface area contributed by atoms with Crippen LogP contribution in [0.1, 0.15) is 51.0 Å². The molecule has 0 bridgehead atoms. The van der Waals surface area contributed by atoms with E-state index < -0.39 is 10.2 Å². The maximum Gasteiger partial charge on any atom is 0.277 e. The first-order valence-electron chi connectivity index (χ1n) is 7.60. The number of hydrogen-bond acceptors (Lipinski definition) is 5. The molecule has 7 nitrogen and oxygen atoms in total. The molecular weight excluding hydrogens is 302 g/mol. The van der Waals surface area contributed by atoms with E-state index >= 15 is 0 Å². The first-order valence-corrected chi connectivity index (χ1v) is 9.10. The smallest absolute Gasteiger partial charge is 0.277 e. The Bertz CT molecular complexity index is 596. The lowest BCUT2D eigenvalue weighted by molar-refractivity contribution is 0.384. The molecule has 1 aromatic heterocycles. The van der Waals surface area contributed by atoms with Crippen LogP contribution >= 0.6 is 0 Å². The number of rotatable bonds is 4. The summed E-state index contributed by atoms with van der Waals surface area (Å²) in [6.07, 6.45) is 0. The molecule has 1 saturated heterocycles. The van der Waals surface area contributed by atoms with E-state index in [9.17, 15) is 8.42 Å². The van der Waals surface area contributed by atoms with Crippen molar-refractivity contribution in [1.82, 2.24) is 14.3 Å². The fourth-order valence-electron chi connectivity index (χ4n) is 2.36. The van der Waals surface area contributed by atoms with Gasteiger partial charge in [-0.15, -0.1) is 0 Å². The Labute approximate surface area is 132 Å². The molecule has 8 heteroatoms. The predicted molar refractivity (Wildman–Crippen MR) is 87.1 cm³/mol.